The van der Waals surface area contributed by atoms with Crippen molar-refractivity contribution in [2.45, 2.75) is 6.92 Å². The minimum Gasteiger partial charge on any atom is -0.453 e. The molecule has 0 aliphatic heterocycles. The highest BCUT2D eigenvalue weighted by atomic mass is 35.5. The largest absolute Gasteiger partial charge is 0.453 e. The summed E-state index contributed by atoms with van der Waals surface area (Å²) in [6.45, 7) is 1.68. The Morgan fingerprint density at radius 3 is 2.70 bits per heavy atom. The second kappa shape index (κ2) is 7.41. The quantitative estimate of drug-likeness (QED) is 0.585. The smallest absolute Gasteiger partial charge is 0.411 e. The van der Waals surface area contributed by atoms with Gasteiger partial charge in [0.15, 0.2) is 0 Å². The van der Waals surface area contributed by atoms with Crippen molar-refractivity contribution in [3.8, 4) is 0 Å². The van der Waals surface area contributed by atoms with Crippen LogP contribution in [-0.4, -0.2) is 29.1 Å². The molecule has 0 fully saturated rings. The van der Waals surface area contributed by atoms with Crippen molar-refractivity contribution in [2.75, 3.05) is 17.9 Å². The van der Waals surface area contributed by atoms with Gasteiger partial charge in [-0.25, -0.2) is 14.8 Å². The number of carbonyl (C=O) groups is 2. The molecule has 0 atom stereocenters. The maximum atomic E-state index is 12.1. The maximum Gasteiger partial charge on any atom is 0.411 e. The van der Waals surface area contributed by atoms with E-state index in [4.69, 9.17) is 11.6 Å². The van der Waals surface area contributed by atoms with Crippen LogP contribution in [0.1, 0.15) is 16.2 Å². The molecule has 0 bridgehead atoms. The van der Waals surface area contributed by atoms with E-state index < -0.39 is 12.0 Å². The number of benzene rings is 1. The highest BCUT2D eigenvalue weighted by Crippen LogP contribution is 2.12. The molecule has 3 N–H and O–H groups in total. The maximum absolute atomic E-state index is 12.1. The molecule has 0 spiro atoms. The molecule has 0 unspecified atom stereocenters. The third-order valence-electron chi connectivity index (χ3n) is 2.67. The van der Waals surface area contributed by atoms with Gasteiger partial charge in [-0.05, 0) is 25.1 Å². The van der Waals surface area contributed by atoms with Crippen LogP contribution < -0.4 is 16.2 Å². The number of rotatable bonds is 4. The third kappa shape index (κ3) is 4.82. The number of aromatic nitrogens is 2. The van der Waals surface area contributed by atoms with Crippen LogP contribution in [0.5, 0.6) is 0 Å². The third-order valence-corrected chi connectivity index (χ3v) is 2.86. The molecule has 0 saturated heterocycles. The number of hydrazine groups is 1. The molecule has 2 rings (SSSR count). The van der Waals surface area contributed by atoms with Crippen molar-refractivity contribution in [3.05, 3.63) is 46.9 Å². The number of methoxy groups -OCH3 is 1. The second-order valence-corrected chi connectivity index (χ2v) is 4.79. The van der Waals surface area contributed by atoms with Gasteiger partial charge in [0.25, 0.3) is 5.91 Å². The average Bonchev–Trinajstić information content (AvgIpc) is 2.52. The topological polar surface area (TPSA) is 105 Å². The Hall–Kier alpha value is -2.87. The zero-order valence-electron chi connectivity index (χ0n) is 12.4. The monoisotopic (exact) mass is 335 g/mol. The van der Waals surface area contributed by atoms with E-state index in [1.165, 1.54) is 19.2 Å². The number of ether oxygens (including phenoxy) is 1. The van der Waals surface area contributed by atoms with Crippen molar-refractivity contribution in [2.24, 2.45) is 0 Å². The van der Waals surface area contributed by atoms with Gasteiger partial charge in [0.1, 0.15) is 16.8 Å². The molecule has 1 aromatic heterocycles. The molecule has 0 saturated carbocycles. The predicted molar refractivity (Wildman–Crippen MR) is 85.3 cm³/mol. The number of halogens is 1. The van der Waals surface area contributed by atoms with E-state index in [0.29, 0.717) is 22.9 Å². The van der Waals surface area contributed by atoms with Crippen molar-refractivity contribution in [1.29, 1.82) is 0 Å². The lowest BCUT2D eigenvalue weighted by Crippen LogP contribution is -2.30. The van der Waals surface area contributed by atoms with Gasteiger partial charge in [-0.15, -0.1) is 0 Å². The lowest BCUT2D eigenvalue weighted by molar-refractivity contribution is 0.0962. The number of nitrogens with zero attached hydrogens (tertiary/aromatic N) is 2. The average molecular weight is 336 g/mol. The van der Waals surface area contributed by atoms with Gasteiger partial charge in [-0.3, -0.25) is 21.0 Å². The molecule has 1 heterocycles. The molecule has 1 aromatic carbocycles. The van der Waals surface area contributed by atoms with E-state index in [-0.39, 0.29) is 5.15 Å². The zero-order chi connectivity index (χ0) is 16.8. The normalized spacial score (nSPS) is 9.87. The van der Waals surface area contributed by atoms with Crippen molar-refractivity contribution >= 4 is 35.1 Å². The summed E-state index contributed by atoms with van der Waals surface area (Å²) in [6.07, 6.45) is -0.619. The Kier molecular flexibility index (Phi) is 5.32. The van der Waals surface area contributed by atoms with Crippen LogP contribution in [0.3, 0.4) is 0 Å². The molecule has 120 valence electrons. The number of hydrogen-bond acceptors (Lipinski definition) is 6. The number of amides is 2. The number of aryl methyl sites for hydroxylation is 1. The van der Waals surface area contributed by atoms with Crippen molar-refractivity contribution < 1.29 is 14.3 Å². The van der Waals surface area contributed by atoms with E-state index >= 15 is 0 Å². The van der Waals surface area contributed by atoms with E-state index in [9.17, 15) is 9.59 Å². The van der Waals surface area contributed by atoms with E-state index in [1.54, 1.807) is 25.1 Å². The first-order valence-corrected chi connectivity index (χ1v) is 6.88. The van der Waals surface area contributed by atoms with Crippen LogP contribution in [0, 0.1) is 6.92 Å². The Bertz CT molecular complexity index is 718. The first-order chi connectivity index (χ1) is 11.0. The van der Waals surface area contributed by atoms with Gasteiger partial charge in [-0.2, -0.15) is 0 Å². The van der Waals surface area contributed by atoms with Gasteiger partial charge in [0.2, 0.25) is 0 Å². The highest BCUT2D eigenvalue weighted by molar-refractivity contribution is 6.29. The Balaban J connectivity index is 2.03. The van der Waals surface area contributed by atoms with Gasteiger partial charge >= 0.3 is 6.09 Å². The Morgan fingerprint density at radius 2 is 2.00 bits per heavy atom. The summed E-state index contributed by atoms with van der Waals surface area (Å²) in [5, 5.41) is 2.74. The van der Waals surface area contributed by atoms with Gasteiger partial charge in [0, 0.05) is 17.3 Å². The standard InChI is InChI=1S/C14H14ClN5O3/c1-8-16-11(15)7-12(17-8)19-20-13(21)9-4-3-5-10(6-9)18-14(22)23-2/h3-7H,1-2H3,(H,18,22)(H,20,21)(H,16,17,19). The Labute approximate surface area is 137 Å². The zero-order valence-corrected chi connectivity index (χ0v) is 13.1. The predicted octanol–water partition coefficient (Wildman–Crippen LogP) is 2.37. The molecule has 2 amide bonds. The SMILES string of the molecule is COC(=O)Nc1cccc(C(=O)NNc2cc(Cl)nc(C)n2)c1. The lowest BCUT2D eigenvalue weighted by Gasteiger charge is -2.09. The van der Waals surface area contributed by atoms with Gasteiger partial charge in [0.05, 0.1) is 7.11 Å². The summed E-state index contributed by atoms with van der Waals surface area (Å²) >= 11 is 5.81. The van der Waals surface area contributed by atoms with Crippen LogP contribution in [0.15, 0.2) is 30.3 Å². The fraction of sp³-hybridized carbons (Fsp3) is 0.143. The summed E-state index contributed by atoms with van der Waals surface area (Å²) in [5.74, 6) is 0.420. The van der Waals surface area contributed by atoms with Crippen LogP contribution in [0.2, 0.25) is 5.15 Å². The molecule has 8 nitrogen and oxygen atoms in total. The number of hydrogen-bond donors (Lipinski definition) is 3. The fourth-order valence-electron chi connectivity index (χ4n) is 1.70. The molecule has 2 aromatic rings. The number of carbonyl (C=O) groups excluding carboxylic acids is 2. The second-order valence-electron chi connectivity index (χ2n) is 4.40. The van der Waals surface area contributed by atoms with Crippen LogP contribution in [-0.2, 0) is 4.74 Å². The summed E-state index contributed by atoms with van der Waals surface area (Å²) in [6, 6.07) is 7.84. The van der Waals surface area contributed by atoms with Crippen LogP contribution in [0.4, 0.5) is 16.3 Å². The minimum atomic E-state index is -0.619. The van der Waals surface area contributed by atoms with E-state index in [1.807, 2.05) is 0 Å². The highest BCUT2D eigenvalue weighted by Gasteiger charge is 2.08. The molecule has 0 aliphatic carbocycles. The molecular weight excluding hydrogens is 322 g/mol. The summed E-state index contributed by atoms with van der Waals surface area (Å²) in [4.78, 5) is 31.3. The van der Waals surface area contributed by atoms with Gasteiger partial charge in [-0.1, -0.05) is 17.7 Å². The molecule has 9 heteroatoms. The van der Waals surface area contributed by atoms with Gasteiger partial charge < -0.3 is 4.74 Å². The fourth-order valence-corrected chi connectivity index (χ4v) is 1.92. The number of nitrogens with one attached hydrogen (secondary N) is 3. The van der Waals surface area contributed by atoms with Crippen molar-refractivity contribution in [3.63, 3.8) is 0 Å². The van der Waals surface area contributed by atoms with E-state index in [0.717, 1.165) is 0 Å². The first-order valence-electron chi connectivity index (χ1n) is 6.50. The summed E-state index contributed by atoms with van der Waals surface area (Å²) < 4.78 is 4.49. The lowest BCUT2D eigenvalue weighted by atomic mass is 10.2. The number of anilines is 2. The summed E-state index contributed by atoms with van der Waals surface area (Å²) in [7, 11) is 1.25. The Morgan fingerprint density at radius 1 is 1.22 bits per heavy atom. The molecule has 0 aliphatic rings. The molecular formula is C14H14ClN5O3. The van der Waals surface area contributed by atoms with E-state index in [2.05, 4.69) is 30.9 Å². The molecule has 0 radical (unpaired) electrons. The van der Waals surface area contributed by atoms with Crippen molar-refractivity contribution in [1.82, 2.24) is 15.4 Å². The molecule has 23 heavy (non-hydrogen) atoms. The van der Waals surface area contributed by atoms with Crippen LogP contribution >= 0.6 is 11.6 Å². The van der Waals surface area contributed by atoms with Crippen LogP contribution in [0.25, 0.3) is 0 Å². The summed E-state index contributed by atoms with van der Waals surface area (Å²) in [5.41, 5.74) is 5.90. The first kappa shape index (κ1) is 16.5. The minimum absolute atomic E-state index is 0.263.